The van der Waals surface area contributed by atoms with Gasteiger partial charge in [-0.2, -0.15) is 0 Å². The number of phenols is 1. The van der Waals surface area contributed by atoms with Gasteiger partial charge in [0.1, 0.15) is 16.7 Å². The molecule has 0 unspecified atom stereocenters. The molecule has 1 aromatic heterocycles. The Labute approximate surface area is 149 Å². The van der Waals surface area contributed by atoms with Crippen molar-refractivity contribution >= 4 is 11.0 Å². The molecule has 1 N–H and O–H groups in total. The van der Waals surface area contributed by atoms with Crippen molar-refractivity contribution in [2.24, 2.45) is 0 Å². The highest BCUT2D eigenvalue weighted by Gasteiger charge is 2.24. The lowest BCUT2D eigenvalue weighted by molar-refractivity contribution is 0.334. The molecule has 7 nitrogen and oxygen atoms in total. The predicted octanol–water partition coefficient (Wildman–Crippen LogP) is 3.20. The number of ether oxygens (including phenoxy) is 4. The van der Waals surface area contributed by atoms with E-state index in [0.717, 1.165) is 0 Å². The van der Waals surface area contributed by atoms with Gasteiger partial charge in [0.2, 0.25) is 16.9 Å². The quantitative estimate of drug-likeness (QED) is 0.749. The number of benzene rings is 2. The largest absolute Gasteiger partial charge is 0.504 e. The van der Waals surface area contributed by atoms with E-state index in [1.165, 1.54) is 27.4 Å². The van der Waals surface area contributed by atoms with Crippen LogP contribution in [-0.2, 0) is 0 Å². The highest BCUT2D eigenvalue weighted by molar-refractivity contribution is 5.91. The van der Waals surface area contributed by atoms with Crippen LogP contribution in [0.5, 0.6) is 28.7 Å². The lowest BCUT2D eigenvalue weighted by Crippen LogP contribution is -2.09. The van der Waals surface area contributed by atoms with Gasteiger partial charge in [-0.3, -0.25) is 4.79 Å². The molecule has 0 saturated carbocycles. The molecule has 0 amide bonds. The Balaban J connectivity index is 2.37. The molecule has 0 atom stereocenters. The summed E-state index contributed by atoms with van der Waals surface area (Å²) in [5.74, 6) is 0.848. The molecule has 0 aliphatic rings. The molecule has 0 aliphatic carbocycles. The molecule has 3 rings (SSSR count). The van der Waals surface area contributed by atoms with Gasteiger partial charge in [0.25, 0.3) is 0 Å². The van der Waals surface area contributed by atoms with Gasteiger partial charge in [-0.05, 0) is 24.3 Å². The minimum atomic E-state index is -0.435. The van der Waals surface area contributed by atoms with Gasteiger partial charge in [-0.1, -0.05) is 0 Å². The smallest absolute Gasteiger partial charge is 0.239 e. The summed E-state index contributed by atoms with van der Waals surface area (Å²) < 4.78 is 26.7. The summed E-state index contributed by atoms with van der Waals surface area (Å²) in [6.07, 6.45) is 0. The van der Waals surface area contributed by atoms with Crippen LogP contribution in [0.2, 0.25) is 0 Å². The van der Waals surface area contributed by atoms with E-state index in [4.69, 9.17) is 23.4 Å². The van der Waals surface area contributed by atoms with Crippen molar-refractivity contribution in [2.45, 2.75) is 0 Å². The van der Waals surface area contributed by atoms with Crippen LogP contribution in [-0.4, -0.2) is 33.5 Å². The molecule has 0 saturated heterocycles. The van der Waals surface area contributed by atoms with Crippen molar-refractivity contribution in [3.63, 3.8) is 0 Å². The van der Waals surface area contributed by atoms with Crippen molar-refractivity contribution in [2.75, 3.05) is 28.4 Å². The molecule has 26 heavy (non-hydrogen) atoms. The molecule has 0 fully saturated rings. The first kappa shape index (κ1) is 17.5. The minimum absolute atomic E-state index is 0.0220. The Morgan fingerprint density at radius 2 is 1.46 bits per heavy atom. The van der Waals surface area contributed by atoms with E-state index in [0.29, 0.717) is 11.3 Å². The summed E-state index contributed by atoms with van der Waals surface area (Å²) in [6, 6.07) is 8.28. The van der Waals surface area contributed by atoms with Gasteiger partial charge in [-0.25, -0.2) is 0 Å². The van der Waals surface area contributed by atoms with Gasteiger partial charge >= 0.3 is 0 Å². The number of methoxy groups -OCH3 is 4. The van der Waals surface area contributed by atoms with Crippen molar-refractivity contribution < 1.29 is 28.5 Å². The van der Waals surface area contributed by atoms with E-state index in [1.807, 2.05) is 0 Å². The summed E-state index contributed by atoms with van der Waals surface area (Å²) in [5, 5.41) is 10.3. The lowest BCUT2D eigenvalue weighted by Gasteiger charge is -2.14. The molecule has 0 radical (unpaired) electrons. The SMILES string of the molecule is COc1ccc(-c2oc3cc(O)c(OC)c(OC)c3c(=O)c2OC)cc1. The number of hydrogen-bond donors (Lipinski definition) is 1. The van der Waals surface area contributed by atoms with Crippen LogP contribution in [0.15, 0.2) is 39.5 Å². The summed E-state index contributed by atoms with van der Waals surface area (Å²) >= 11 is 0. The topological polar surface area (TPSA) is 87.4 Å². The van der Waals surface area contributed by atoms with Crippen LogP contribution in [0.25, 0.3) is 22.3 Å². The maximum absolute atomic E-state index is 13.0. The van der Waals surface area contributed by atoms with E-state index in [-0.39, 0.29) is 39.7 Å². The van der Waals surface area contributed by atoms with E-state index in [1.54, 1.807) is 31.4 Å². The fourth-order valence-electron chi connectivity index (χ4n) is 2.78. The highest BCUT2D eigenvalue weighted by atomic mass is 16.5. The van der Waals surface area contributed by atoms with Crippen molar-refractivity contribution in [3.05, 3.63) is 40.6 Å². The molecule has 7 heteroatoms. The Bertz CT molecular complexity index is 1000. The van der Waals surface area contributed by atoms with Gasteiger partial charge < -0.3 is 28.5 Å². The van der Waals surface area contributed by atoms with E-state index < -0.39 is 5.43 Å². The first-order valence-corrected chi connectivity index (χ1v) is 7.68. The first-order valence-electron chi connectivity index (χ1n) is 7.68. The Kier molecular flexibility index (Phi) is 4.62. The van der Waals surface area contributed by atoms with Crippen LogP contribution in [0.3, 0.4) is 0 Å². The molecule has 1 heterocycles. The number of rotatable bonds is 5. The second kappa shape index (κ2) is 6.87. The predicted molar refractivity (Wildman–Crippen MR) is 95.8 cm³/mol. The molecular weight excluding hydrogens is 340 g/mol. The highest BCUT2D eigenvalue weighted by Crippen LogP contribution is 2.43. The zero-order valence-electron chi connectivity index (χ0n) is 14.8. The molecular formula is C19H18O7. The molecule has 3 aromatic rings. The van der Waals surface area contributed by atoms with Crippen molar-refractivity contribution in [1.82, 2.24) is 0 Å². The van der Waals surface area contributed by atoms with Crippen LogP contribution in [0, 0.1) is 0 Å². The number of hydrogen-bond acceptors (Lipinski definition) is 7. The van der Waals surface area contributed by atoms with E-state index in [2.05, 4.69) is 0 Å². The third kappa shape index (κ3) is 2.67. The van der Waals surface area contributed by atoms with Gasteiger partial charge in [0, 0.05) is 11.6 Å². The molecule has 0 spiro atoms. The fourth-order valence-corrected chi connectivity index (χ4v) is 2.78. The van der Waals surface area contributed by atoms with Crippen LogP contribution in [0.1, 0.15) is 0 Å². The maximum atomic E-state index is 13.0. The Morgan fingerprint density at radius 3 is 2.00 bits per heavy atom. The van der Waals surface area contributed by atoms with Gasteiger partial charge in [0.15, 0.2) is 17.3 Å². The van der Waals surface area contributed by atoms with Gasteiger partial charge in [-0.15, -0.1) is 0 Å². The standard InChI is InChI=1S/C19H18O7/c1-22-11-7-5-10(6-8-11)16-19(25-4)15(21)14-13(26-16)9-12(20)17(23-2)18(14)24-3/h5-9,20H,1-4H3. The van der Waals surface area contributed by atoms with Crippen molar-refractivity contribution in [1.29, 1.82) is 0 Å². The number of phenolic OH excluding ortho intramolecular Hbond substituents is 1. The van der Waals surface area contributed by atoms with E-state index >= 15 is 0 Å². The van der Waals surface area contributed by atoms with Crippen LogP contribution < -0.4 is 24.4 Å². The molecule has 0 bridgehead atoms. The van der Waals surface area contributed by atoms with Crippen LogP contribution >= 0.6 is 0 Å². The second-order valence-corrected chi connectivity index (χ2v) is 5.36. The monoisotopic (exact) mass is 358 g/mol. The summed E-state index contributed by atoms with van der Waals surface area (Å²) in [4.78, 5) is 13.0. The Morgan fingerprint density at radius 1 is 0.846 bits per heavy atom. The average molecular weight is 358 g/mol. The summed E-state index contributed by atoms with van der Waals surface area (Å²) in [5.41, 5.74) is 0.336. The van der Waals surface area contributed by atoms with Gasteiger partial charge in [0.05, 0.1) is 28.4 Å². The zero-order chi connectivity index (χ0) is 18.8. The molecule has 136 valence electrons. The average Bonchev–Trinajstić information content (AvgIpc) is 2.66. The summed E-state index contributed by atoms with van der Waals surface area (Å²) in [7, 11) is 5.69. The van der Waals surface area contributed by atoms with E-state index in [9.17, 15) is 9.90 Å². The third-order valence-electron chi connectivity index (χ3n) is 4.00. The maximum Gasteiger partial charge on any atom is 0.239 e. The number of aromatic hydroxyl groups is 1. The summed E-state index contributed by atoms with van der Waals surface area (Å²) in [6.45, 7) is 0. The Hall–Kier alpha value is -3.35. The van der Waals surface area contributed by atoms with Crippen molar-refractivity contribution in [3.8, 4) is 40.1 Å². The third-order valence-corrected chi connectivity index (χ3v) is 4.00. The number of fused-ring (bicyclic) bond motifs is 1. The normalized spacial score (nSPS) is 10.6. The molecule has 2 aromatic carbocycles. The fraction of sp³-hybridized carbons (Fsp3) is 0.211. The second-order valence-electron chi connectivity index (χ2n) is 5.36. The zero-order valence-corrected chi connectivity index (χ0v) is 14.8. The lowest BCUT2D eigenvalue weighted by atomic mass is 10.1. The van der Waals surface area contributed by atoms with Crippen LogP contribution in [0.4, 0.5) is 0 Å². The minimum Gasteiger partial charge on any atom is -0.504 e. The molecule has 0 aliphatic heterocycles. The first-order chi connectivity index (χ1) is 12.5.